The van der Waals surface area contributed by atoms with Gasteiger partial charge in [-0.3, -0.25) is 24.6 Å². The predicted molar refractivity (Wildman–Crippen MR) is 151 cm³/mol. The van der Waals surface area contributed by atoms with Crippen LogP contribution in [0, 0.1) is 24.0 Å². The highest BCUT2D eigenvalue weighted by Crippen LogP contribution is 2.36. The predicted octanol–water partition coefficient (Wildman–Crippen LogP) is 5.84. The van der Waals surface area contributed by atoms with Crippen LogP contribution < -0.4 is 4.90 Å². The van der Waals surface area contributed by atoms with E-state index in [1.54, 1.807) is 18.2 Å². The van der Waals surface area contributed by atoms with Gasteiger partial charge >= 0.3 is 0 Å². The largest absolute Gasteiger partial charge is 0.378 e. The molecule has 0 radical (unpaired) electrons. The first kappa shape index (κ1) is 26.2. The van der Waals surface area contributed by atoms with E-state index in [2.05, 4.69) is 43.6 Å². The summed E-state index contributed by atoms with van der Waals surface area (Å²) in [6.45, 7) is 7.19. The number of nitro groups is 1. The zero-order chi connectivity index (χ0) is 27.0. The Morgan fingerprint density at radius 1 is 1.08 bits per heavy atom. The second kappa shape index (κ2) is 10.8. The van der Waals surface area contributed by atoms with Crippen LogP contribution in [0.1, 0.15) is 22.5 Å². The average molecular weight is 597 g/mol. The summed E-state index contributed by atoms with van der Waals surface area (Å²) in [5, 5.41) is 10.5. The zero-order valence-electron chi connectivity index (χ0n) is 20.8. The lowest BCUT2D eigenvalue weighted by Gasteiger charge is -2.30. The number of halogens is 1. The lowest BCUT2D eigenvalue weighted by molar-refractivity contribution is -0.384. The summed E-state index contributed by atoms with van der Waals surface area (Å²) in [7, 11) is 0. The van der Waals surface area contributed by atoms with Gasteiger partial charge in [0.2, 0.25) is 0 Å². The number of carbonyl (C=O) groups is 2. The van der Waals surface area contributed by atoms with E-state index in [1.807, 2.05) is 19.9 Å². The smallest absolute Gasteiger partial charge is 0.293 e. The number of non-ortho nitro benzene ring substituents is 1. The minimum atomic E-state index is -0.486. The molecule has 3 heterocycles. The Balaban J connectivity index is 1.37. The number of hydrogen-bond acceptors (Lipinski definition) is 7. The Kier molecular flexibility index (Phi) is 7.42. The number of imide groups is 1. The van der Waals surface area contributed by atoms with Gasteiger partial charge in [-0.15, -0.1) is 0 Å². The summed E-state index contributed by atoms with van der Waals surface area (Å²) >= 11 is 4.64. The van der Waals surface area contributed by atoms with E-state index in [4.69, 9.17) is 4.74 Å². The van der Waals surface area contributed by atoms with Gasteiger partial charge in [0.1, 0.15) is 0 Å². The second-order valence-electron chi connectivity index (χ2n) is 9.09. The van der Waals surface area contributed by atoms with Gasteiger partial charge in [-0.1, -0.05) is 12.1 Å². The van der Waals surface area contributed by atoms with Gasteiger partial charge in [0.25, 0.3) is 16.8 Å². The highest BCUT2D eigenvalue weighted by atomic mass is 79.9. The number of anilines is 1. The summed E-state index contributed by atoms with van der Waals surface area (Å²) in [6, 6.07) is 14.1. The number of amides is 2. The van der Waals surface area contributed by atoms with E-state index in [-0.39, 0.29) is 23.4 Å². The molecule has 0 spiro atoms. The first-order chi connectivity index (χ1) is 18.2. The van der Waals surface area contributed by atoms with Crippen LogP contribution in [0.5, 0.6) is 0 Å². The van der Waals surface area contributed by atoms with Crippen molar-refractivity contribution in [3.63, 3.8) is 0 Å². The molecule has 11 heteroatoms. The molecule has 38 heavy (non-hydrogen) atoms. The molecule has 1 aromatic heterocycles. The van der Waals surface area contributed by atoms with Gasteiger partial charge in [-0.25, -0.2) is 0 Å². The average Bonchev–Trinajstić information content (AvgIpc) is 3.33. The Morgan fingerprint density at radius 2 is 1.79 bits per heavy atom. The molecule has 2 aliphatic heterocycles. The molecule has 0 aliphatic carbocycles. The van der Waals surface area contributed by atoms with E-state index in [9.17, 15) is 19.7 Å². The van der Waals surface area contributed by atoms with Crippen LogP contribution >= 0.6 is 27.7 Å². The van der Waals surface area contributed by atoms with Crippen molar-refractivity contribution in [3.05, 3.63) is 90.5 Å². The number of nitrogens with zero attached hydrogens (tertiary/aromatic N) is 4. The molecule has 196 valence electrons. The molecule has 0 bridgehead atoms. The van der Waals surface area contributed by atoms with Gasteiger partial charge in [-0.05, 0) is 83.0 Å². The van der Waals surface area contributed by atoms with Gasteiger partial charge in [-0.2, -0.15) is 0 Å². The van der Waals surface area contributed by atoms with Crippen LogP contribution in [0.25, 0.3) is 11.8 Å². The molecule has 0 atom stereocenters. The summed E-state index contributed by atoms with van der Waals surface area (Å²) < 4.78 is 8.59. The Morgan fingerprint density at radius 3 is 2.45 bits per heavy atom. The van der Waals surface area contributed by atoms with E-state index in [0.29, 0.717) is 23.7 Å². The van der Waals surface area contributed by atoms with Crippen molar-refractivity contribution >= 4 is 56.3 Å². The van der Waals surface area contributed by atoms with Gasteiger partial charge in [0.15, 0.2) is 0 Å². The monoisotopic (exact) mass is 596 g/mol. The molecule has 3 aromatic rings. The maximum Gasteiger partial charge on any atom is 0.293 e. The first-order valence-electron chi connectivity index (χ1n) is 12.0. The molecule has 0 unspecified atom stereocenters. The number of nitro benzene ring substituents is 1. The molecule has 0 N–H and O–H groups in total. The van der Waals surface area contributed by atoms with E-state index in [0.717, 1.165) is 57.7 Å². The zero-order valence-corrected chi connectivity index (χ0v) is 23.3. The summed E-state index contributed by atoms with van der Waals surface area (Å²) in [6.07, 6.45) is 1.76. The SMILES string of the molecule is Cc1cc(/C=C2\SC(=O)N(Cc3ccc([N+](=O)[O-])cc3)C2=O)c(C)n1-c1ccc(N2CCOCC2)c(Br)c1. The lowest BCUT2D eigenvalue weighted by atomic mass is 10.2. The number of morpholine rings is 1. The normalized spacial score (nSPS) is 17.1. The molecule has 2 aromatic carbocycles. The van der Waals surface area contributed by atoms with Crippen LogP contribution in [0.2, 0.25) is 0 Å². The van der Waals surface area contributed by atoms with E-state index in [1.165, 1.54) is 17.0 Å². The maximum absolute atomic E-state index is 13.1. The summed E-state index contributed by atoms with van der Waals surface area (Å²) in [4.78, 5) is 39.9. The van der Waals surface area contributed by atoms with Crippen LogP contribution in [-0.2, 0) is 16.1 Å². The number of thioether (sulfide) groups is 1. The number of rotatable bonds is 6. The van der Waals surface area contributed by atoms with Crippen molar-refractivity contribution in [1.82, 2.24) is 9.47 Å². The lowest BCUT2D eigenvalue weighted by Crippen LogP contribution is -2.36. The highest BCUT2D eigenvalue weighted by Gasteiger charge is 2.35. The molecule has 2 fully saturated rings. The second-order valence-corrected chi connectivity index (χ2v) is 10.9. The van der Waals surface area contributed by atoms with Crippen molar-refractivity contribution in [2.75, 3.05) is 31.2 Å². The molecular weight excluding hydrogens is 572 g/mol. The fraction of sp³-hybridized carbons (Fsp3) is 0.259. The summed E-state index contributed by atoms with van der Waals surface area (Å²) in [5.41, 5.74) is 5.54. The topological polar surface area (TPSA) is 97.9 Å². The third kappa shape index (κ3) is 5.13. The number of hydrogen-bond donors (Lipinski definition) is 0. The number of carbonyl (C=O) groups excluding carboxylic acids is 2. The number of benzene rings is 2. The van der Waals surface area contributed by atoms with Crippen molar-refractivity contribution < 1.29 is 19.2 Å². The van der Waals surface area contributed by atoms with Crippen LogP contribution in [0.4, 0.5) is 16.2 Å². The fourth-order valence-electron chi connectivity index (χ4n) is 4.71. The Bertz CT molecular complexity index is 1460. The number of ether oxygens (including phenoxy) is 1. The summed E-state index contributed by atoms with van der Waals surface area (Å²) in [5.74, 6) is -0.374. The Hall–Kier alpha value is -3.41. The Labute approximate surface area is 232 Å². The van der Waals surface area contributed by atoms with E-state index < -0.39 is 4.92 Å². The van der Waals surface area contributed by atoms with E-state index >= 15 is 0 Å². The fourth-order valence-corrected chi connectivity index (χ4v) is 6.16. The van der Waals surface area contributed by atoms with Crippen molar-refractivity contribution in [3.8, 4) is 5.69 Å². The molecule has 2 aliphatic rings. The molecular formula is C27H25BrN4O5S. The van der Waals surface area contributed by atoms with Gasteiger partial charge in [0.05, 0.1) is 35.3 Å². The molecule has 0 saturated carbocycles. The first-order valence-corrected chi connectivity index (χ1v) is 13.6. The minimum absolute atomic E-state index is 0.0408. The van der Waals surface area contributed by atoms with Crippen molar-refractivity contribution in [1.29, 1.82) is 0 Å². The van der Waals surface area contributed by atoms with Crippen molar-refractivity contribution in [2.45, 2.75) is 20.4 Å². The molecule has 5 rings (SSSR count). The third-order valence-corrected chi connectivity index (χ3v) is 8.20. The molecule has 9 nitrogen and oxygen atoms in total. The number of aryl methyl sites for hydroxylation is 1. The van der Waals surface area contributed by atoms with Crippen LogP contribution in [0.15, 0.2) is 57.9 Å². The van der Waals surface area contributed by atoms with Gasteiger partial charge < -0.3 is 14.2 Å². The van der Waals surface area contributed by atoms with Crippen molar-refractivity contribution in [2.24, 2.45) is 0 Å². The standard InChI is InChI=1S/C27H25BrN4O5S/c1-17-13-20(18(2)31(17)22-7-8-24(23(28)15-22)29-9-11-37-12-10-29)14-25-26(33)30(27(34)38-25)16-19-3-5-21(6-4-19)32(35)36/h3-8,13-15H,9-12,16H2,1-2H3/b25-14-. The minimum Gasteiger partial charge on any atom is -0.378 e. The number of aromatic nitrogens is 1. The highest BCUT2D eigenvalue weighted by molar-refractivity contribution is 9.10. The molecule has 2 saturated heterocycles. The third-order valence-electron chi connectivity index (χ3n) is 6.66. The quantitative estimate of drug-likeness (QED) is 0.200. The van der Waals surface area contributed by atoms with Crippen LogP contribution in [-0.4, -0.2) is 51.8 Å². The van der Waals surface area contributed by atoms with Gasteiger partial charge in [0, 0.05) is 46.8 Å². The maximum atomic E-state index is 13.1. The van der Waals surface area contributed by atoms with Crippen LogP contribution in [0.3, 0.4) is 0 Å². The molecule has 2 amide bonds.